The molecule has 0 aliphatic carbocycles. The molecule has 0 bridgehead atoms. The zero-order valence-corrected chi connectivity index (χ0v) is 11.7. The van der Waals surface area contributed by atoms with Gasteiger partial charge >= 0.3 is 5.97 Å². The van der Waals surface area contributed by atoms with Crippen molar-refractivity contribution < 1.29 is 19.4 Å². The SMILES string of the molecule is COc1ccc(C2CCC(C(=O)O)N2)cc1OC.Cl. The minimum absolute atomic E-state index is 0. The van der Waals surface area contributed by atoms with Gasteiger partial charge in [0.1, 0.15) is 6.04 Å². The van der Waals surface area contributed by atoms with Gasteiger partial charge in [-0.15, -0.1) is 12.4 Å². The molecule has 0 amide bonds. The number of rotatable bonds is 4. The zero-order chi connectivity index (χ0) is 13.1. The van der Waals surface area contributed by atoms with Crippen LogP contribution in [0.1, 0.15) is 24.4 Å². The molecule has 1 saturated heterocycles. The van der Waals surface area contributed by atoms with Crippen molar-refractivity contribution in [1.29, 1.82) is 0 Å². The smallest absolute Gasteiger partial charge is 0.320 e. The van der Waals surface area contributed by atoms with Crippen molar-refractivity contribution in [3.05, 3.63) is 23.8 Å². The molecule has 1 heterocycles. The van der Waals surface area contributed by atoms with Crippen molar-refractivity contribution in [2.24, 2.45) is 0 Å². The Kier molecular flexibility index (Phi) is 5.44. The van der Waals surface area contributed by atoms with Crippen LogP contribution in [0.5, 0.6) is 11.5 Å². The first-order valence-corrected chi connectivity index (χ1v) is 5.86. The summed E-state index contributed by atoms with van der Waals surface area (Å²) in [6.07, 6.45) is 1.46. The van der Waals surface area contributed by atoms with Crippen LogP contribution >= 0.6 is 12.4 Å². The lowest BCUT2D eigenvalue weighted by Gasteiger charge is -2.15. The van der Waals surface area contributed by atoms with Gasteiger partial charge in [0, 0.05) is 6.04 Å². The molecule has 1 aromatic rings. The number of carboxylic acids is 1. The maximum absolute atomic E-state index is 10.9. The topological polar surface area (TPSA) is 67.8 Å². The van der Waals surface area contributed by atoms with Gasteiger partial charge in [0.15, 0.2) is 11.5 Å². The fraction of sp³-hybridized carbons (Fsp3) is 0.462. The zero-order valence-electron chi connectivity index (χ0n) is 10.9. The van der Waals surface area contributed by atoms with Crippen LogP contribution in [0.4, 0.5) is 0 Å². The average Bonchev–Trinajstić information content (AvgIpc) is 2.87. The molecule has 2 rings (SSSR count). The molecule has 5 nitrogen and oxygen atoms in total. The van der Waals surface area contributed by atoms with Gasteiger partial charge in [-0.1, -0.05) is 6.07 Å². The molecule has 2 N–H and O–H groups in total. The van der Waals surface area contributed by atoms with E-state index in [1.807, 2.05) is 18.2 Å². The van der Waals surface area contributed by atoms with Gasteiger partial charge in [0.25, 0.3) is 0 Å². The van der Waals surface area contributed by atoms with E-state index in [4.69, 9.17) is 14.6 Å². The highest BCUT2D eigenvalue weighted by Gasteiger charge is 2.29. The van der Waals surface area contributed by atoms with Gasteiger partial charge in [0.2, 0.25) is 0 Å². The highest BCUT2D eigenvalue weighted by Crippen LogP contribution is 2.33. The number of carbonyl (C=O) groups is 1. The first-order valence-electron chi connectivity index (χ1n) is 5.86. The largest absolute Gasteiger partial charge is 0.493 e. The van der Waals surface area contributed by atoms with Gasteiger partial charge in [-0.05, 0) is 30.5 Å². The molecule has 1 aromatic carbocycles. The quantitative estimate of drug-likeness (QED) is 0.886. The van der Waals surface area contributed by atoms with E-state index in [1.54, 1.807) is 14.2 Å². The molecule has 0 radical (unpaired) electrons. The van der Waals surface area contributed by atoms with E-state index < -0.39 is 12.0 Å². The summed E-state index contributed by atoms with van der Waals surface area (Å²) >= 11 is 0. The van der Waals surface area contributed by atoms with E-state index in [1.165, 1.54) is 0 Å². The van der Waals surface area contributed by atoms with Gasteiger partial charge in [-0.2, -0.15) is 0 Å². The minimum Gasteiger partial charge on any atom is -0.493 e. The van der Waals surface area contributed by atoms with Crippen LogP contribution in [0.25, 0.3) is 0 Å². The number of hydrogen-bond donors (Lipinski definition) is 2. The summed E-state index contributed by atoms with van der Waals surface area (Å²) in [5.74, 6) is 0.544. The lowest BCUT2D eigenvalue weighted by atomic mass is 10.0. The van der Waals surface area contributed by atoms with Crippen molar-refractivity contribution >= 4 is 18.4 Å². The predicted molar refractivity (Wildman–Crippen MR) is 73.3 cm³/mol. The maximum atomic E-state index is 10.9. The van der Waals surface area contributed by atoms with E-state index in [-0.39, 0.29) is 18.4 Å². The Morgan fingerprint density at radius 2 is 1.95 bits per heavy atom. The maximum Gasteiger partial charge on any atom is 0.320 e. The minimum atomic E-state index is -0.794. The molecule has 0 saturated carbocycles. The fourth-order valence-electron chi connectivity index (χ4n) is 2.27. The summed E-state index contributed by atoms with van der Waals surface area (Å²) < 4.78 is 10.4. The molecule has 0 aromatic heterocycles. The third-order valence-corrected chi connectivity index (χ3v) is 3.25. The van der Waals surface area contributed by atoms with Crippen molar-refractivity contribution in [2.45, 2.75) is 24.9 Å². The summed E-state index contributed by atoms with van der Waals surface area (Å²) in [6.45, 7) is 0. The fourth-order valence-corrected chi connectivity index (χ4v) is 2.27. The van der Waals surface area contributed by atoms with Crippen molar-refractivity contribution in [3.63, 3.8) is 0 Å². The number of halogens is 1. The van der Waals surface area contributed by atoms with Crippen LogP contribution in [-0.2, 0) is 4.79 Å². The van der Waals surface area contributed by atoms with Crippen molar-refractivity contribution in [1.82, 2.24) is 5.32 Å². The molecule has 19 heavy (non-hydrogen) atoms. The molecule has 106 valence electrons. The Morgan fingerprint density at radius 1 is 1.26 bits per heavy atom. The van der Waals surface area contributed by atoms with Crippen LogP contribution in [-0.4, -0.2) is 31.3 Å². The van der Waals surface area contributed by atoms with Crippen LogP contribution in [0, 0.1) is 0 Å². The first kappa shape index (κ1) is 15.6. The molecular formula is C13H18ClNO4. The monoisotopic (exact) mass is 287 g/mol. The summed E-state index contributed by atoms with van der Waals surface area (Å²) in [7, 11) is 3.18. The van der Waals surface area contributed by atoms with Crippen LogP contribution < -0.4 is 14.8 Å². The van der Waals surface area contributed by atoms with Gasteiger partial charge < -0.3 is 14.6 Å². The molecular weight excluding hydrogens is 270 g/mol. The van der Waals surface area contributed by atoms with E-state index >= 15 is 0 Å². The predicted octanol–water partition coefficient (Wildman–Crippen LogP) is 2.00. The molecule has 0 spiro atoms. The molecule has 1 fully saturated rings. The Bertz CT molecular complexity index is 452. The number of carboxylic acid groups (broad SMARTS) is 1. The van der Waals surface area contributed by atoms with Crippen molar-refractivity contribution in [2.75, 3.05) is 14.2 Å². The number of methoxy groups -OCH3 is 2. The van der Waals surface area contributed by atoms with Gasteiger partial charge in [0.05, 0.1) is 14.2 Å². The van der Waals surface area contributed by atoms with E-state index in [2.05, 4.69) is 5.32 Å². The first-order chi connectivity index (χ1) is 8.65. The summed E-state index contributed by atoms with van der Waals surface area (Å²) in [5, 5.41) is 12.1. The number of hydrogen-bond acceptors (Lipinski definition) is 4. The van der Waals surface area contributed by atoms with Gasteiger partial charge in [-0.3, -0.25) is 10.1 Å². The van der Waals surface area contributed by atoms with E-state index in [0.29, 0.717) is 17.9 Å². The Hall–Kier alpha value is -1.46. The highest BCUT2D eigenvalue weighted by atomic mass is 35.5. The Balaban J connectivity index is 0.00000180. The molecule has 6 heteroatoms. The lowest BCUT2D eigenvalue weighted by molar-refractivity contribution is -0.139. The van der Waals surface area contributed by atoms with Crippen LogP contribution in [0.15, 0.2) is 18.2 Å². The van der Waals surface area contributed by atoms with Crippen molar-refractivity contribution in [3.8, 4) is 11.5 Å². The Labute approximate surface area is 118 Å². The standard InChI is InChI=1S/C13H17NO4.ClH/c1-17-11-6-3-8(7-12(11)18-2)9-4-5-10(14-9)13(15)16;/h3,6-7,9-10,14H,4-5H2,1-2H3,(H,15,16);1H. The van der Waals surface area contributed by atoms with Crippen LogP contribution in [0.3, 0.4) is 0 Å². The second-order valence-corrected chi connectivity index (χ2v) is 4.30. The van der Waals surface area contributed by atoms with E-state index in [9.17, 15) is 4.79 Å². The Morgan fingerprint density at radius 3 is 2.47 bits per heavy atom. The second kappa shape index (κ2) is 6.63. The number of aliphatic carboxylic acids is 1. The average molecular weight is 288 g/mol. The lowest BCUT2D eigenvalue weighted by Crippen LogP contribution is -2.31. The summed E-state index contributed by atoms with van der Waals surface area (Å²) in [4.78, 5) is 10.9. The molecule has 1 aliphatic heterocycles. The summed E-state index contributed by atoms with van der Waals surface area (Å²) in [6, 6.07) is 5.27. The summed E-state index contributed by atoms with van der Waals surface area (Å²) in [5.41, 5.74) is 1.02. The number of benzene rings is 1. The van der Waals surface area contributed by atoms with E-state index in [0.717, 1.165) is 12.0 Å². The number of nitrogens with one attached hydrogen (secondary N) is 1. The molecule has 2 atom stereocenters. The third kappa shape index (κ3) is 3.30. The molecule has 1 aliphatic rings. The normalized spacial score (nSPS) is 21.6. The highest BCUT2D eigenvalue weighted by molar-refractivity contribution is 5.85. The number of ether oxygens (including phenoxy) is 2. The van der Waals surface area contributed by atoms with Crippen LogP contribution in [0.2, 0.25) is 0 Å². The third-order valence-electron chi connectivity index (χ3n) is 3.25. The second-order valence-electron chi connectivity index (χ2n) is 4.30. The molecule has 2 unspecified atom stereocenters. The van der Waals surface area contributed by atoms with Gasteiger partial charge in [-0.25, -0.2) is 0 Å².